The third kappa shape index (κ3) is 3.87. The molecule has 1 aliphatic heterocycles. The lowest BCUT2D eigenvalue weighted by Crippen LogP contribution is -2.50. The highest BCUT2D eigenvalue weighted by Crippen LogP contribution is 2.27. The summed E-state index contributed by atoms with van der Waals surface area (Å²) >= 11 is 0. The number of amides is 1. The molecule has 2 aromatic carbocycles. The summed E-state index contributed by atoms with van der Waals surface area (Å²) in [6.45, 7) is 5.27. The first-order valence-corrected chi connectivity index (χ1v) is 8.49. The Balaban J connectivity index is 1.81. The van der Waals surface area contributed by atoms with E-state index in [1.807, 2.05) is 32.0 Å². The molecule has 2 aromatic rings. The van der Waals surface area contributed by atoms with Crippen molar-refractivity contribution in [2.24, 2.45) is 0 Å². The fourth-order valence-electron chi connectivity index (χ4n) is 3.47. The lowest BCUT2D eigenvalue weighted by Gasteiger charge is -2.33. The fourth-order valence-corrected chi connectivity index (χ4v) is 3.47. The van der Waals surface area contributed by atoms with Gasteiger partial charge in [0.05, 0.1) is 0 Å². The first-order valence-electron chi connectivity index (χ1n) is 8.49. The maximum absolute atomic E-state index is 13.6. The zero-order valence-electron chi connectivity index (χ0n) is 14.4. The molecule has 25 heavy (non-hydrogen) atoms. The second-order valence-corrected chi connectivity index (χ2v) is 6.67. The van der Waals surface area contributed by atoms with Crippen LogP contribution in [0.5, 0.6) is 0 Å². The molecule has 1 aliphatic rings. The van der Waals surface area contributed by atoms with Gasteiger partial charge in [-0.3, -0.25) is 4.79 Å². The largest absolute Gasteiger partial charge is 0.347 e. The number of carbonyl (C=O) groups excluding carboxylic acids is 1. The van der Waals surface area contributed by atoms with E-state index in [0.29, 0.717) is 17.7 Å². The normalized spacial score (nSPS) is 20.3. The molecule has 0 spiro atoms. The van der Waals surface area contributed by atoms with Gasteiger partial charge in [-0.05, 0) is 56.1 Å². The highest BCUT2D eigenvalue weighted by Gasteiger charge is 2.29. The van der Waals surface area contributed by atoms with Crippen molar-refractivity contribution < 1.29 is 13.6 Å². The monoisotopic (exact) mass is 344 g/mol. The van der Waals surface area contributed by atoms with Gasteiger partial charge < -0.3 is 10.6 Å². The van der Waals surface area contributed by atoms with Gasteiger partial charge >= 0.3 is 0 Å². The van der Waals surface area contributed by atoms with Crippen molar-refractivity contribution >= 4 is 5.91 Å². The molecule has 1 saturated heterocycles. The average molecular weight is 344 g/mol. The van der Waals surface area contributed by atoms with Crippen LogP contribution >= 0.6 is 0 Å². The second-order valence-electron chi connectivity index (χ2n) is 6.67. The Bertz CT molecular complexity index is 791. The van der Waals surface area contributed by atoms with Crippen LogP contribution in [0.15, 0.2) is 36.4 Å². The molecule has 0 radical (unpaired) electrons. The van der Waals surface area contributed by atoms with Crippen LogP contribution in [0.25, 0.3) is 0 Å². The van der Waals surface area contributed by atoms with E-state index >= 15 is 0 Å². The molecule has 5 heteroatoms. The number of benzene rings is 2. The third-order valence-corrected chi connectivity index (χ3v) is 4.80. The maximum atomic E-state index is 13.6. The fraction of sp³-hybridized carbons (Fsp3) is 0.350. The van der Waals surface area contributed by atoms with Crippen LogP contribution in [0.2, 0.25) is 0 Å². The van der Waals surface area contributed by atoms with Crippen molar-refractivity contribution in [2.75, 3.05) is 13.1 Å². The number of hydrogen-bond donors (Lipinski definition) is 2. The summed E-state index contributed by atoms with van der Waals surface area (Å²) in [5.74, 6) is -1.89. The number of rotatable bonds is 3. The zero-order valence-corrected chi connectivity index (χ0v) is 14.4. The summed E-state index contributed by atoms with van der Waals surface area (Å²) in [4.78, 5) is 12.7. The Kier molecular flexibility index (Phi) is 5.13. The molecule has 3 rings (SSSR count). The van der Waals surface area contributed by atoms with Crippen molar-refractivity contribution in [2.45, 2.75) is 32.2 Å². The van der Waals surface area contributed by atoms with E-state index in [0.717, 1.165) is 30.2 Å². The van der Waals surface area contributed by atoms with Gasteiger partial charge in [0, 0.05) is 24.1 Å². The SMILES string of the molecule is Cc1ccc(C(=O)NC2CNCCC2c2ccc(F)c(F)c2)c(C)c1. The smallest absolute Gasteiger partial charge is 0.251 e. The van der Waals surface area contributed by atoms with Crippen LogP contribution in [-0.4, -0.2) is 25.0 Å². The molecule has 2 atom stereocenters. The minimum atomic E-state index is -0.853. The highest BCUT2D eigenvalue weighted by molar-refractivity contribution is 5.96. The van der Waals surface area contributed by atoms with E-state index in [1.54, 1.807) is 6.07 Å². The number of halogens is 2. The van der Waals surface area contributed by atoms with E-state index in [9.17, 15) is 13.6 Å². The van der Waals surface area contributed by atoms with Gasteiger partial charge in [-0.25, -0.2) is 8.78 Å². The molecule has 0 bridgehead atoms. The first-order chi connectivity index (χ1) is 12.0. The molecule has 2 unspecified atom stereocenters. The molecule has 132 valence electrons. The Hall–Kier alpha value is -2.27. The van der Waals surface area contributed by atoms with Gasteiger partial charge in [0.25, 0.3) is 5.91 Å². The summed E-state index contributed by atoms with van der Waals surface area (Å²) in [7, 11) is 0. The van der Waals surface area contributed by atoms with Crippen LogP contribution in [0.3, 0.4) is 0 Å². The maximum Gasteiger partial charge on any atom is 0.251 e. The quantitative estimate of drug-likeness (QED) is 0.895. The predicted molar refractivity (Wildman–Crippen MR) is 93.8 cm³/mol. The summed E-state index contributed by atoms with van der Waals surface area (Å²) in [5.41, 5.74) is 3.38. The first kappa shape index (κ1) is 17.5. The Morgan fingerprint density at radius 1 is 1.12 bits per heavy atom. The van der Waals surface area contributed by atoms with Crippen molar-refractivity contribution in [1.82, 2.24) is 10.6 Å². The lowest BCUT2D eigenvalue weighted by molar-refractivity contribution is 0.0924. The van der Waals surface area contributed by atoms with Crippen molar-refractivity contribution in [3.05, 3.63) is 70.3 Å². The van der Waals surface area contributed by atoms with Gasteiger partial charge in [-0.15, -0.1) is 0 Å². The molecule has 2 N–H and O–H groups in total. The van der Waals surface area contributed by atoms with E-state index < -0.39 is 11.6 Å². The second kappa shape index (κ2) is 7.31. The topological polar surface area (TPSA) is 41.1 Å². The summed E-state index contributed by atoms with van der Waals surface area (Å²) in [6.07, 6.45) is 0.753. The molecule has 1 amide bonds. The molecule has 1 fully saturated rings. The minimum absolute atomic E-state index is 0.0499. The Labute approximate surface area is 146 Å². The van der Waals surface area contributed by atoms with Gasteiger partial charge in [0.1, 0.15) is 0 Å². The number of aryl methyl sites for hydroxylation is 2. The molecule has 0 aliphatic carbocycles. The van der Waals surface area contributed by atoms with Crippen LogP contribution in [0.4, 0.5) is 8.78 Å². The molecule has 1 heterocycles. The third-order valence-electron chi connectivity index (χ3n) is 4.80. The number of nitrogens with one attached hydrogen (secondary N) is 2. The van der Waals surface area contributed by atoms with Crippen LogP contribution < -0.4 is 10.6 Å². The van der Waals surface area contributed by atoms with E-state index in [1.165, 1.54) is 6.07 Å². The zero-order chi connectivity index (χ0) is 18.0. The molecular formula is C20H22F2N2O. The summed E-state index contributed by atoms with van der Waals surface area (Å²) in [5, 5.41) is 6.32. The molecule has 0 aromatic heterocycles. The average Bonchev–Trinajstić information content (AvgIpc) is 2.58. The lowest BCUT2D eigenvalue weighted by atomic mass is 9.85. The van der Waals surface area contributed by atoms with Gasteiger partial charge in [0.2, 0.25) is 0 Å². The number of piperidine rings is 1. The molecule has 3 nitrogen and oxygen atoms in total. The van der Waals surface area contributed by atoms with Gasteiger partial charge in [-0.1, -0.05) is 23.8 Å². The van der Waals surface area contributed by atoms with Crippen LogP contribution in [0.1, 0.15) is 39.4 Å². The van der Waals surface area contributed by atoms with Crippen LogP contribution in [0, 0.1) is 25.5 Å². The van der Waals surface area contributed by atoms with Crippen molar-refractivity contribution in [3.8, 4) is 0 Å². The predicted octanol–water partition coefficient (Wildman–Crippen LogP) is 3.46. The highest BCUT2D eigenvalue weighted by atomic mass is 19.2. The standard InChI is InChI=1S/C20H22F2N2O/c1-12-3-5-15(13(2)9-12)20(25)24-19-11-23-8-7-16(19)14-4-6-17(21)18(22)10-14/h3-6,9-10,16,19,23H,7-8,11H2,1-2H3,(H,24,25). The van der Waals surface area contributed by atoms with E-state index in [4.69, 9.17) is 0 Å². The number of hydrogen-bond acceptors (Lipinski definition) is 2. The van der Waals surface area contributed by atoms with Crippen LogP contribution in [-0.2, 0) is 0 Å². The summed E-state index contributed by atoms with van der Waals surface area (Å²) < 4.78 is 26.8. The summed E-state index contributed by atoms with van der Waals surface area (Å²) in [6, 6.07) is 9.52. The Morgan fingerprint density at radius 2 is 1.92 bits per heavy atom. The van der Waals surface area contributed by atoms with Crippen molar-refractivity contribution in [1.29, 1.82) is 0 Å². The Morgan fingerprint density at radius 3 is 2.64 bits per heavy atom. The van der Waals surface area contributed by atoms with Gasteiger partial charge in [-0.2, -0.15) is 0 Å². The number of carbonyl (C=O) groups is 1. The molecule has 0 saturated carbocycles. The van der Waals surface area contributed by atoms with E-state index in [-0.39, 0.29) is 17.9 Å². The van der Waals surface area contributed by atoms with E-state index in [2.05, 4.69) is 10.6 Å². The van der Waals surface area contributed by atoms with Crippen molar-refractivity contribution in [3.63, 3.8) is 0 Å². The minimum Gasteiger partial charge on any atom is -0.347 e. The molecular weight excluding hydrogens is 322 g/mol. The van der Waals surface area contributed by atoms with Gasteiger partial charge in [0.15, 0.2) is 11.6 Å².